The summed E-state index contributed by atoms with van der Waals surface area (Å²) in [5, 5.41) is 13.0. The Morgan fingerprint density at radius 3 is 2.41 bits per heavy atom. The number of carbonyl (C=O) groups excluding carboxylic acids is 1. The number of nitrogens with one attached hydrogen (secondary N) is 3. The van der Waals surface area contributed by atoms with Crippen molar-refractivity contribution in [1.29, 1.82) is 0 Å². The van der Waals surface area contributed by atoms with Gasteiger partial charge in [0.25, 0.3) is 11.5 Å². The van der Waals surface area contributed by atoms with Crippen molar-refractivity contribution in [2.75, 3.05) is 11.9 Å². The number of nitrogens with zero attached hydrogens (tertiary/aromatic N) is 2. The first kappa shape index (κ1) is 18.9. The number of rotatable bonds is 3. The summed E-state index contributed by atoms with van der Waals surface area (Å²) in [6.45, 7) is 6.72. The first-order valence-corrected chi connectivity index (χ1v) is 9.46. The molecule has 4 rings (SSSR count). The van der Waals surface area contributed by atoms with E-state index in [1.807, 2.05) is 53.7 Å². The fraction of sp³-hybridized carbons (Fsp3) is 0.227. The summed E-state index contributed by atoms with van der Waals surface area (Å²) < 4.78 is 0. The Morgan fingerprint density at radius 2 is 1.76 bits per heavy atom. The second-order valence-corrected chi connectivity index (χ2v) is 8.01. The van der Waals surface area contributed by atoms with Crippen LogP contribution in [0.25, 0.3) is 22.0 Å². The first-order valence-electron chi connectivity index (χ1n) is 9.46. The van der Waals surface area contributed by atoms with Crippen LogP contribution >= 0.6 is 0 Å². The summed E-state index contributed by atoms with van der Waals surface area (Å²) in [6, 6.07) is 14.8. The summed E-state index contributed by atoms with van der Waals surface area (Å²) in [6.07, 6.45) is 1.85. The molecule has 3 aromatic rings. The fourth-order valence-electron chi connectivity index (χ4n) is 3.24. The van der Waals surface area contributed by atoms with Gasteiger partial charge in [-0.05, 0) is 39.0 Å². The topological polar surface area (TPSA) is 90.1 Å². The van der Waals surface area contributed by atoms with Crippen LogP contribution in [-0.2, 0) is 4.79 Å². The molecule has 7 heteroatoms. The van der Waals surface area contributed by atoms with Crippen LogP contribution in [0.5, 0.6) is 0 Å². The summed E-state index contributed by atoms with van der Waals surface area (Å²) >= 11 is 0. The maximum absolute atomic E-state index is 12.6. The van der Waals surface area contributed by atoms with Gasteiger partial charge in [0.05, 0.1) is 16.7 Å². The second kappa shape index (κ2) is 7.18. The molecule has 0 atom stereocenters. The summed E-state index contributed by atoms with van der Waals surface area (Å²) in [5.41, 5.74) is 5.82. The maximum atomic E-state index is 12.6. The van der Waals surface area contributed by atoms with E-state index in [1.165, 1.54) is 0 Å². The van der Waals surface area contributed by atoms with Crippen molar-refractivity contribution in [3.05, 3.63) is 70.7 Å². The number of H-pyrrole nitrogens is 1. The maximum Gasteiger partial charge on any atom is 0.272 e. The van der Waals surface area contributed by atoms with Gasteiger partial charge in [0.15, 0.2) is 0 Å². The SMILES string of the molecule is CC(C)(C)N1C=C(C(=O)Nc2ccc(-c3n[nH]c(=O)c4ccccc34)cc2)CN1. The third-order valence-corrected chi connectivity index (χ3v) is 4.85. The van der Waals surface area contributed by atoms with E-state index in [2.05, 4.69) is 41.7 Å². The van der Waals surface area contributed by atoms with Crippen molar-refractivity contribution >= 4 is 22.4 Å². The monoisotopic (exact) mass is 389 g/mol. The molecule has 0 saturated carbocycles. The molecule has 1 aliphatic heterocycles. The largest absolute Gasteiger partial charge is 0.322 e. The molecule has 0 bridgehead atoms. The number of aromatic nitrogens is 2. The first-order chi connectivity index (χ1) is 13.8. The van der Waals surface area contributed by atoms with Gasteiger partial charge in [-0.25, -0.2) is 10.5 Å². The molecule has 3 N–H and O–H groups in total. The third kappa shape index (κ3) is 3.77. The van der Waals surface area contributed by atoms with E-state index in [-0.39, 0.29) is 17.0 Å². The summed E-state index contributed by atoms with van der Waals surface area (Å²) in [4.78, 5) is 24.5. The number of amides is 1. The Bertz CT molecular complexity index is 1160. The molecule has 0 aliphatic carbocycles. The van der Waals surface area contributed by atoms with Crippen molar-refractivity contribution in [1.82, 2.24) is 20.6 Å². The minimum absolute atomic E-state index is 0.101. The lowest BCUT2D eigenvalue weighted by Crippen LogP contribution is -2.43. The van der Waals surface area contributed by atoms with E-state index >= 15 is 0 Å². The van der Waals surface area contributed by atoms with E-state index in [1.54, 1.807) is 6.07 Å². The molecule has 0 unspecified atom stereocenters. The average Bonchev–Trinajstić information content (AvgIpc) is 3.20. The molecule has 0 fully saturated rings. The molecular formula is C22H23N5O2. The van der Waals surface area contributed by atoms with E-state index in [0.717, 1.165) is 10.9 Å². The molecule has 0 radical (unpaired) electrons. The van der Waals surface area contributed by atoms with Crippen LogP contribution in [0.2, 0.25) is 0 Å². The molecule has 1 amide bonds. The van der Waals surface area contributed by atoms with Crippen molar-refractivity contribution in [3.8, 4) is 11.3 Å². The number of hydrogen-bond acceptors (Lipinski definition) is 5. The Kier molecular flexibility index (Phi) is 4.68. The number of hydrazine groups is 1. The molecular weight excluding hydrogens is 366 g/mol. The number of anilines is 1. The third-order valence-electron chi connectivity index (χ3n) is 4.85. The van der Waals surface area contributed by atoms with E-state index in [9.17, 15) is 9.59 Å². The molecule has 1 aliphatic rings. The van der Waals surface area contributed by atoms with Crippen LogP contribution in [0.4, 0.5) is 5.69 Å². The predicted molar refractivity (Wildman–Crippen MR) is 114 cm³/mol. The van der Waals surface area contributed by atoms with Gasteiger partial charge in [-0.1, -0.05) is 30.3 Å². The van der Waals surface area contributed by atoms with Crippen LogP contribution in [-0.4, -0.2) is 33.2 Å². The van der Waals surface area contributed by atoms with Crippen LogP contribution in [0.15, 0.2) is 65.1 Å². The molecule has 0 spiro atoms. The number of carbonyl (C=O) groups is 1. The van der Waals surface area contributed by atoms with Gasteiger partial charge in [-0.3, -0.25) is 9.59 Å². The Labute approximate surface area is 168 Å². The van der Waals surface area contributed by atoms with Crippen LogP contribution in [0.1, 0.15) is 20.8 Å². The fourth-order valence-corrected chi connectivity index (χ4v) is 3.24. The number of benzene rings is 2. The standard InChI is InChI=1S/C22H23N5O2/c1-22(2,3)27-13-15(12-23-27)20(28)24-16-10-8-14(9-11-16)19-17-6-4-5-7-18(17)21(29)26-25-19/h4-11,13,23H,12H2,1-3H3,(H,24,28)(H,26,29). The van der Waals surface area contributed by atoms with Crippen LogP contribution in [0, 0.1) is 0 Å². The second-order valence-electron chi connectivity index (χ2n) is 8.01. The molecule has 148 valence electrons. The quantitative estimate of drug-likeness (QED) is 0.641. The van der Waals surface area contributed by atoms with Gasteiger partial charge in [-0.15, -0.1) is 0 Å². The van der Waals surface area contributed by atoms with Crippen molar-refractivity contribution in [2.45, 2.75) is 26.3 Å². The average molecular weight is 389 g/mol. The molecule has 0 saturated heterocycles. The lowest BCUT2D eigenvalue weighted by molar-refractivity contribution is -0.112. The highest BCUT2D eigenvalue weighted by molar-refractivity contribution is 6.04. The molecule has 2 heterocycles. The lowest BCUT2D eigenvalue weighted by atomic mass is 10.0. The highest BCUT2D eigenvalue weighted by Gasteiger charge is 2.26. The van der Waals surface area contributed by atoms with Crippen molar-refractivity contribution in [3.63, 3.8) is 0 Å². The van der Waals surface area contributed by atoms with Gasteiger partial charge in [0.2, 0.25) is 0 Å². The smallest absolute Gasteiger partial charge is 0.272 e. The van der Waals surface area contributed by atoms with Crippen LogP contribution in [0.3, 0.4) is 0 Å². The minimum Gasteiger partial charge on any atom is -0.322 e. The lowest BCUT2D eigenvalue weighted by Gasteiger charge is -2.31. The predicted octanol–water partition coefficient (Wildman–Crippen LogP) is 3.03. The van der Waals surface area contributed by atoms with Crippen molar-refractivity contribution < 1.29 is 4.79 Å². The zero-order valence-corrected chi connectivity index (χ0v) is 16.6. The highest BCUT2D eigenvalue weighted by atomic mass is 16.2. The van der Waals surface area contributed by atoms with Gasteiger partial charge in [0, 0.05) is 34.9 Å². The number of aromatic amines is 1. The van der Waals surface area contributed by atoms with Gasteiger partial charge >= 0.3 is 0 Å². The van der Waals surface area contributed by atoms with E-state index < -0.39 is 0 Å². The Hall–Kier alpha value is -3.45. The zero-order chi connectivity index (χ0) is 20.6. The van der Waals surface area contributed by atoms with Gasteiger partial charge in [0.1, 0.15) is 0 Å². The summed E-state index contributed by atoms with van der Waals surface area (Å²) in [5.74, 6) is -0.135. The zero-order valence-electron chi connectivity index (χ0n) is 16.6. The molecule has 29 heavy (non-hydrogen) atoms. The van der Waals surface area contributed by atoms with E-state index in [4.69, 9.17) is 0 Å². The number of fused-ring (bicyclic) bond motifs is 1. The van der Waals surface area contributed by atoms with Crippen LogP contribution < -0.4 is 16.3 Å². The van der Waals surface area contributed by atoms with Gasteiger partial charge in [-0.2, -0.15) is 5.10 Å². The normalized spacial score (nSPS) is 14.2. The Morgan fingerprint density at radius 1 is 1.07 bits per heavy atom. The molecule has 1 aromatic heterocycles. The number of hydrogen-bond donors (Lipinski definition) is 3. The minimum atomic E-state index is -0.212. The molecule has 2 aromatic carbocycles. The van der Waals surface area contributed by atoms with Crippen molar-refractivity contribution in [2.24, 2.45) is 0 Å². The van der Waals surface area contributed by atoms with E-state index in [0.29, 0.717) is 28.9 Å². The summed E-state index contributed by atoms with van der Waals surface area (Å²) in [7, 11) is 0. The molecule has 7 nitrogen and oxygen atoms in total. The Balaban J connectivity index is 1.55. The van der Waals surface area contributed by atoms with Gasteiger partial charge < -0.3 is 10.3 Å². The highest BCUT2D eigenvalue weighted by Crippen LogP contribution is 2.25.